The Balaban J connectivity index is 1.62. The highest BCUT2D eigenvalue weighted by atomic mass is 35.5. The molecule has 5 nitrogen and oxygen atoms in total. The van der Waals surface area contributed by atoms with E-state index in [0.29, 0.717) is 37.6 Å². The van der Waals surface area contributed by atoms with Crippen LogP contribution in [0, 0.1) is 0 Å². The van der Waals surface area contributed by atoms with Crippen LogP contribution in [-0.2, 0) is 0 Å². The maximum Gasteiger partial charge on any atom is 0.353 e. The first-order valence-electron chi connectivity index (χ1n) is 6.98. The summed E-state index contributed by atoms with van der Waals surface area (Å²) in [5.74, 6) is 0.329. The smallest absolute Gasteiger partial charge is 0.353 e. The second-order valence-corrected chi connectivity index (χ2v) is 6.57. The molecular formula is C17H9ClN2O3S. The lowest BCUT2D eigenvalue weighted by molar-refractivity contribution is 0.0740. The highest BCUT2D eigenvalue weighted by molar-refractivity contribution is 7.17. The molecule has 3 aromatic heterocycles. The summed E-state index contributed by atoms with van der Waals surface area (Å²) < 4.78 is 11.6. The molecule has 0 N–H and O–H groups in total. The zero-order chi connectivity index (χ0) is 16.5. The minimum atomic E-state index is -0.462. The van der Waals surface area contributed by atoms with E-state index < -0.39 is 5.97 Å². The van der Waals surface area contributed by atoms with Crippen LogP contribution in [0.25, 0.3) is 22.7 Å². The molecule has 0 aliphatic rings. The predicted molar refractivity (Wildman–Crippen MR) is 91.5 cm³/mol. The van der Waals surface area contributed by atoms with Gasteiger partial charge in [-0.05, 0) is 36.4 Å². The topological polar surface area (TPSA) is 65.2 Å². The van der Waals surface area contributed by atoms with E-state index in [2.05, 4.69) is 9.97 Å². The van der Waals surface area contributed by atoms with Gasteiger partial charge in [0, 0.05) is 12.3 Å². The second-order valence-electron chi connectivity index (χ2n) is 4.86. The van der Waals surface area contributed by atoms with Crippen LogP contribution in [-0.4, -0.2) is 15.9 Å². The van der Waals surface area contributed by atoms with Crippen molar-refractivity contribution in [3.63, 3.8) is 0 Å². The van der Waals surface area contributed by atoms with Crippen molar-refractivity contribution in [2.45, 2.75) is 0 Å². The molecule has 4 rings (SSSR count). The Labute approximate surface area is 145 Å². The lowest BCUT2D eigenvalue weighted by Gasteiger charge is -2.01. The summed E-state index contributed by atoms with van der Waals surface area (Å²) in [7, 11) is 0. The van der Waals surface area contributed by atoms with Crippen molar-refractivity contribution in [1.29, 1.82) is 0 Å². The van der Waals surface area contributed by atoms with Crippen LogP contribution in [0.15, 0.2) is 59.1 Å². The molecule has 3 heterocycles. The summed E-state index contributed by atoms with van der Waals surface area (Å²) in [6.07, 6.45) is 1.67. The summed E-state index contributed by atoms with van der Waals surface area (Å²) in [6, 6.07) is 13.8. The fourth-order valence-electron chi connectivity index (χ4n) is 2.15. The SMILES string of the molecule is O=C(Oc1ccc2nc(-c3ccccn3)oc2c1)c1ccc(Cl)s1. The minimum Gasteiger partial charge on any atom is -0.435 e. The highest BCUT2D eigenvalue weighted by Crippen LogP contribution is 2.27. The van der Waals surface area contributed by atoms with Crippen LogP contribution < -0.4 is 4.74 Å². The van der Waals surface area contributed by atoms with Crippen molar-refractivity contribution in [3.8, 4) is 17.3 Å². The Morgan fingerprint density at radius 2 is 2.08 bits per heavy atom. The predicted octanol–water partition coefficient (Wildman–Crippen LogP) is 4.82. The Morgan fingerprint density at radius 3 is 2.83 bits per heavy atom. The number of benzene rings is 1. The number of halogens is 1. The van der Waals surface area contributed by atoms with Gasteiger partial charge >= 0.3 is 5.97 Å². The van der Waals surface area contributed by atoms with Gasteiger partial charge in [-0.15, -0.1) is 11.3 Å². The van der Waals surface area contributed by atoms with Gasteiger partial charge in [0.15, 0.2) is 5.58 Å². The molecule has 0 spiro atoms. The van der Waals surface area contributed by atoms with Crippen LogP contribution in [0.1, 0.15) is 9.67 Å². The van der Waals surface area contributed by atoms with Gasteiger partial charge in [0.05, 0.1) is 4.34 Å². The number of carbonyl (C=O) groups excluding carboxylic acids is 1. The molecule has 0 bridgehead atoms. The summed E-state index contributed by atoms with van der Waals surface area (Å²) in [5, 5.41) is 0. The van der Waals surface area contributed by atoms with Gasteiger partial charge in [0.25, 0.3) is 0 Å². The number of pyridine rings is 1. The number of oxazole rings is 1. The average Bonchev–Trinajstić information content (AvgIpc) is 3.21. The molecule has 0 atom stereocenters. The first kappa shape index (κ1) is 14.9. The van der Waals surface area contributed by atoms with E-state index in [-0.39, 0.29) is 0 Å². The molecule has 0 fully saturated rings. The van der Waals surface area contributed by atoms with E-state index in [9.17, 15) is 4.79 Å². The van der Waals surface area contributed by atoms with Gasteiger partial charge in [0.1, 0.15) is 21.8 Å². The van der Waals surface area contributed by atoms with E-state index in [0.717, 1.165) is 0 Å². The molecule has 1 aromatic carbocycles. The van der Waals surface area contributed by atoms with Crippen molar-refractivity contribution in [2.24, 2.45) is 0 Å². The molecule has 0 aliphatic carbocycles. The molecule has 0 saturated heterocycles. The number of hydrogen-bond donors (Lipinski definition) is 0. The molecule has 0 saturated carbocycles. The molecule has 4 aromatic rings. The van der Waals surface area contributed by atoms with Crippen molar-refractivity contribution in [3.05, 3.63) is 63.9 Å². The number of rotatable bonds is 3. The van der Waals surface area contributed by atoms with Crippen LogP contribution in [0.3, 0.4) is 0 Å². The Kier molecular flexibility index (Phi) is 3.76. The Bertz CT molecular complexity index is 1030. The minimum absolute atomic E-state index is 0.376. The highest BCUT2D eigenvalue weighted by Gasteiger charge is 2.14. The molecule has 0 radical (unpaired) electrons. The third kappa shape index (κ3) is 2.89. The van der Waals surface area contributed by atoms with E-state index in [1.807, 2.05) is 18.2 Å². The van der Waals surface area contributed by atoms with Crippen molar-refractivity contribution in [1.82, 2.24) is 9.97 Å². The van der Waals surface area contributed by atoms with E-state index in [1.165, 1.54) is 11.3 Å². The lowest BCUT2D eigenvalue weighted by atomic mass is 10.3. The van der Waals surface area contributed by atoms with E-state index in [1.54, 1.807) is 36.5 Å². The monoisotopic (exact) mass is 356 g/mol. The number of aromatic nitrogens is 2. The van der Waals surface area contributed by atoms with Crippen molar-refractivity contribution < 1.29 is 13.9 Å². The first-order valence-corrected chi connectivity index (χ1v) is 8.18. The molecule has 24 heavy (non-hydrogen) atoms. The van der Waals surface area contributed by atoms with Crippen LogP contribution in [0.5, 0.6) is 5.75 Å². The summed E-state index contributed by atoms with van der Waals surface area (Å²) in [4.78, 5) is 21.1. The Morgan fingerprint density at radius 1 is 1.17 bits per heavy atom. The molecule has 118 valence electrons. The maximum atomic E-state index is 12.1. The number of esters is 1. The standard InChI is InChI=1S/C17H9ClN2O3S/c18-15-7-6-14(24-15)17(21)22-10-4-5-11-13(9-10)23-16(20-11)12-3-1-2-8-19-12/h1-9H. The largest absolute Gasteiger partial charge is 0.435 e. The zero-order valence-electron chi connectivity index (χ0n) is 12.1. The van der Waals surface area contributed by atoms with Crippen LogP contribution >= 0.6 is 22.9 Å². The molecule has 0 amide bonds. The fraction of sp³-hybridized carbons (Fsp3) is 0. The normalized spacial score (nSPS) is 10.9. The lowest BCUT2D eigenvalue weighted by Crippen LogP contribution is -2.05. The maximum absolute atomic E-state index is 12.1. The number of nitrogens with zero attached hydrogens (tertiary/aromatic N) is 2. The number of fused-ring (bicyclic) bond motifs is 1. The zero-order valence-corrected chi connectivity index (χ0v) is 13.7. The molecule has 7 heteroatoms. The van der Waals surface area contributed by atoms with Crippen LogP contribution in [0.4, 0.5) is 0 Å². The van der Waals surface area contributed by atoms with Gasteiger partial charge in [-0.25, -0.2) is 9.78 Å². The van der Waals surface area contributed by atoms with Crippen molar-refractivity contribution in [2.75, 3.05) is 0 Å². The van der Waals surface area contributed by atoms with E-state index >= 15 is 0 Å². The van der Waals surface area contributed by atoms with Gasteiger partial charge in [0.2, 0.25) is 5.89 Å². The quantitative estimate of drug-likeness (QED) is 0.389. The van der Waals surface area contributed by atoms with Gasteiger partial charge in [-0.2, -0.15) is 0 Å². The number of thiophene rings is 1. The van der Waals surface area contributed by atoms with E-state index in [4.69, 9.17) is 20.8 Å². The van der Waals surface area contributed by atoms with Crippen LogP contribution in [0.2, 0.25) is 4.34 Å². The summed E-state index contributed by atoms with van der Waals surface area (Å²) >= 11 is 7.00. The van der Waals surface area contributed by atoms with Gasteiger partial charge in [-0.1, -0.05) is 17.7 Å². The Hall–Kier alpha value is -2.70. The molecular weight excluding hydrogens is 348 g/mol. The molecule has 0 unspecified atom stereocenters. The first-order chi connectivity index (χ1) is 11.7. The van der Waals surface area contributed by atoms with Gasteiger partial charge < -0.3 is 9.15 Å². The van der Waals surface area contributed by atoms with Gasteiger partial charge in [-0.3, -0.25) is 4.98 Å². The second kappa shape index (κ2) is 6.07. The average molecular weight is 357 g/mol. The van der Waals surface area contributed by atoms with Crippen molar-refractivity contribution >= 4 is 40.0 Å². The number of ether oxygens (including phenoxy) is 1. The number of hydrogen-bond acceptors (Lipinski definition) is 6. The molecule has 0 aliphatic heterocycles. The summed E-state index contributed by atoms with van der Waals surface area (Å²) in [6.45, 7) is 0. The fourth-order valence-corrected chi connectivity index (χ4v) is 3.07. The summed E-state index contributed by atoms with van der Waals surface area (Å²) in [5.41, 5.74) is 1.82. The third-order valence-electron chi connectivity index (χ3n) is 3.23. The third-order valence-corrected chi connectivity index (χ3v) is 4.44. The number of carbonyl (C=O) groups is 1.